The SMILES string of the molecule is COC(=O)c1cc(Cl)cc(O)c1C#N. The number of methoxy groups -OCH3 is 1. The standard InChI is InChI=1S/C9H6ClNO3/c1-14-9(13)6-2-5(10)3-8(12)7(6)4-11/h2-3,12H,1H3. The summed E-state index contributed by atoms with van der Waals surface area (Å²) in [4.78, 5) is 11.2. The Labute approximate surface area is 85.3 Å². The van der Waals surface area contributed by atoms with Crippen LogP contribution in [0.1, 0.15) is 15.9 Å². The lowest BCUT2D eigenvalue weighted by molar-refractivity contribution is 0.0600. The van der Waals surface area contributed by atoms with E-state index in [0.717, 1.165) is 0 Å². The molecule has 1 rings (SSSR count). The third-order valence-electron chi connectivity index (χ3n) is 1.60. The molecule has 72 valence electrons. The Morgan fingerprint density at radius 1 is 1.64 bits per heavy atom. The van der Waals surface area contributed by atoms with Crippen LogP contribution >= 0.6 is 11.6 Å². The molecule has 0 amide bonds. The summed E-state index contributed by atoms with van der Waals surface area (Å²) in [6, 6.07) is 4.15. The van der Waals surface area contributed by atoms with E-state index in [9.17, 15) is 9.90 Å². The zero-order valence-electron chi connectivity index (χ0n) is 7.24. The number of esters is 1. The van der Waals surface area contributed by atoms with Gasteiger partial charge in [-0.05, 0) is 12.1 Å². The minimum atomic E-state index is -0.709. The second-order valence-corrected chi connectivity index (χ2v) is 2.89. The number of phenolic OH excluding ortho intramolecular Hbond substituents is 1. The Morgan fingerprint density at radius 2 is 2.29 bits per heavy atom. The van der Waals surface area contributed by atoms with Crippen LogP contribution < -0.4 is 0 Å². The number of aromatic hydroxyl groups is 1. The van der Waals surface area contributed by atoms with E-state index in [1.165, 1.54) is 19.2 Å². The predicted octanol–water partition coefficient (Wildman–Crippen LogP) is 1.70. The van der Waals surface area contributed by atoms with Crippen molar-refractivity contribution in [2.45, 2.75) is 0 Å². The lowest BCUT2D eigenvalue weighted by atomic mass is 10.1. The number of benzene rings is 1. The molecule has 1 N–H and O–H groups in total. The van der Waals surface area contributed by atoms with Crippen molar-refractivity contribution in [1.82, 2.24) is 0 Å². The van der Waals surface area contributed by atoms with Gasteiger partial charge in [-0.2, -0.15) is 5.26 Å². The predicted molar refractivity (Wildman–Crippen MR) is 49.2 cm³/mol. The number of rotatable bonds is 1. The lowest BCUT2D eigenvalue weighted by Crippen LogP contribution is -2.04. The normalized spacial score (nSPS) is 9.21. The van der Waals surface area contributed by atoms with E-state index in [-0.39, 0.29) is 21.9 Å². The first kappa shape index (κ1) is 10.4. The van der Waals surface area contributed by atoms with Gasteiger partial charge in [0.25, 0.3) is 0 Å². The molecule has 1 aromatic rings. The van der Waals surface area contributed by atoms with Crippen molar-refractivity contribution < 1.29 is 14.6 Å². The van der Waals surface area contributed by atoms with Gasteiger partial charge in [0, 0.05) is 5.02 Å². The molecular weight excluding hydrogens is 206 g/mol. The molecule has 4 nitrogen and oxygen atoms in total. The summed E-state index contributed by atoms with van der Waals surface area (Å²) in [7, 11) is 1.18. The number of phenols is 1. The summed E-state index contributed by atoms with van der Waals surface area (Å²) in [5.74, 6) is -1.04. The summed E-state index contributed by atoms with van der Waals surface area (Å²) >= 11 is 5.60. The average molecular weight is 212 g/mol. The van der Waals surface area contributed by atoms with Gasteiger partial charge in [-0.3, -0.25) is 0 Å². The second kappa shape index (κ2) is 3.99. The minimum absolute atomic E-state index is 0.0417. The number of nitrogens with zero attached hydrogens (tertiary/aromatic N) is 1. The van der Waals surface area contributed by atoms with Gasteiger partial charge >= 0.3 is 5.97 Å². The van der Waals surface area contributed by atoms with Gasteiger partial charge in [0.15, 0.2) is 0 Å². The van der Waals surface area contributed by atoms with Crippen LogP contribution in [0.5, 0.6) is 5.75 Å². The molecule has 0 aliphatic carbocycles. The molecule has 0 spiro atoms. The van der Waals surface area contributed by atoms with Crippen LogP contribution in [-0.4, -0.2) is 18.2 Å². The van der Waals surface area contributed by atoms with Crippen LogP contribution in [0.2, 0.25) is 5.02 Å². The Bertz CT molecular complexity index is 423. The molecule has 0 bridgehead atoms. The van der Waals surface area contributed by atoms with Crippen LogP contribution in [0, 0.1) is 11.3 Å². The number of halogens is 1. The minimum Gasteiger partial charge on any atom is -0.506 e. The summed E-state index contributed by atoms with van der Waals surface area (Å²) in [5, 5.41) is 18.1. The van der Waals surface area contributed by atoms with E-state index < -0.39 is 5.97 Å². The highest BCUT2D eigenvalue weighted by Gasteiger charge is 2.16. The maximum Gasteiger partial charge on any atom is 0.339 e. The van der Waals surface area contributed by atoms with E-state index in [2.05, 4.69) is 4.74 Å². The van der Waals surface area contributed by atoms with Gasteiger partial charge in [-0.25, -0.2) is 4.79 Å². The van der Waals surface area contributed by atoms with Crippen molar-refractivity contribution in [3.8, 4) is 11.8 Å². The molecular formula is C9H6ClNO3. The van der Waals surface area contributed by atoms with Crippen LogP contribution in [0.25, 0.3) is 0 Å². The summed E-state index contributed by atoms with van der Waals surface area (Å²) in [6.45, 7) is 0. The monoisotopic (exact) mass is 211 g/mol. The fraction of sp³-hybridized carbons (Fsp3) is 0.111. The van der Waals surface area contributed by atoms with E-state index in [1.807, 2.05) is 0 Å². The molecule has 0 fully saturated rings. The van der Waals surface area contributed by atoms with E-state index >= 15 is 0 Å². The molecule has 0 heterocycles. The highest BCUT2D eigenvalue weighted by Crippen LogP contribution is 2.26. The number of hydrogen-bond donors (Lipinski definition) is 1. The Balaban J connectivity index is 3.41. The number of carbonyl (C=O) groups is 1. The highest BCUT2D eigenvalue weighted by atomic mass is 35.5. The van der Waals surface area contributed by atoms with Crippen molar-refractivity contribution in [3.05, 3.63) is 28.3 Å². The van der Waals surface area contributed by atoms with Crippen molar-refractivity contribution in [2.75, 3.05) is 7.11 Å². The third kappa shape index (κ3) is 1.78. The molecule has 0 aromatic heterocycles. The first-order chi connectivity index (χ1) is 6.60. The molecule has 5 heteroatoms. The number of nitriles is 1. The zero-order chi connectivity index (χ0) is 10.7. The average Bonchev–Trinajstić information content (AvgIpc) is 2.15. The molecule has 0 unspecified atom stereocenters. The van der Waals surface area contributed by atoms with E-state index in [1.54, 1.807) is 6.07 Å². The molecule has 0 saturated carbocycles. The van der Waals surface area contributed by atoms with Crippen LogP contribution in [0.15, 0.2) is 12.1 Å². The molecule has 1 aromatic carbocycles. The maximum atomic E-state index is 11.2. The highest BCUT2D eigenvalue weighted by molar-refractivity contribution is 6.31. The maximum absolute atomic E-state index is 11.2. The van der Waals surface area contributed by atoms with Crippen LogP contribution in [0.3, 0.4) is 0 Å². The Morgan fingerprint density at radius 3 is 2.79 bits per heavy atom. The first-order valence-corrected chi connectivity index (χ1v) is 3.99. The van der Waals surface area contributed by atoms with Crippen LogP contribution in [-0.2, 0) is 4.74 Å². The molecule has 0 aliphatic heterocycles. The topological polar surface area (TPSA) is 70.3 Å². The number of carbonyl (C=O) groups excluding carboxylic acids is 1. The van der Waals surface area contributed by atoms with E-state index in [0.29, 0.717) is 0 Å². The van der Waals surface area contributed by atoms with E-state index in [4.69, 9.17) is 16.9 Å². The molecule has 14 heavy (non-hydrogen) atoms. The van der Waals surface area contributed by atoms with Crippen molar-refractivity contribution in [1.29, 1.82) is 5.26 Å². The van der Waals surface area contributed by atoms with Gasteiger partial charge in [0.05, 0.1) is 12.7 Å². The fourth-order valence-corrected chi connectivity index (χ4v) is 1.19. The van der Waals surface area contributed by atoms with Crippen LogP contribution in [0.4, 0.5) is 0 Å². The van der Waals surface area contributed by atoms with Gasteiger partial charge in [0.2, 0.25) is 0 Å². The molecule has 0 saturated heterocycles. The van der Waals surface area contributed by atoms with Crippen molar-refractivity contribution >= 4 is 17.6 Å². The second-order valence-electron chi connectivity index (χ2n) is 2.45. The molecule has 0 atom stereocenters. The number of hydrogen-bond acceptors (Lipinski definition) is 4. The molecule has 0 aliphatic rings. The van der Waals surface area contributed by atoms with Gasteiger partial charge in [-0.15, -0.1) is 0 Å². The number of ether oxygens (including phenoxy) is 1. The van der Waals surface area contributed by atoms with Gasteiger partial charge in [0.1, 0.15) is 17.4 Å². The quantitative estimate of drug-likeness (QED) is 0.718. The summed E-state index contributed by atoms with van der Waals surface area (Å²) < 4.78 is 4.43. The summed E-state index contributed by atoms with van der Waals surface area (Å²) in [6.07, 6.45) is 0. The Kier molecular flexibility index (Phi) is 2.95. The smallest absolute Gasteiger partial charge is 0.339 e. The van der Waals surface area contributed by atoms with Gasteiger partial charge < -0.3 is 9.84 Å². The largest absolute Gasteiger partial charge is 0.506 e. The van der Waals surface area contributed by atoms with Crippen molar-refractivity contribution in [2.24, 2.45) is 0 Å². The third-order valence-corrected chi connectivity index (χ3v) is 1.82. The lowest BCUT2D eigenvalue weighted by Gasteiger charge is -2.04. The summed E-state index contributed by atoms with van der Waals surface area (Å²) in [5.41, 5.74) is -0.179. The van der Waals surface area contributed by atoms with Crippen molar-refractivity contribution in [3.63, 3.8) is 0 Å². The zero-order valence-corrected chi connectivity index (χ0v) is 8.00. The first-order valence-electron chi connectivity index (χ1n) is 3.61. The fourth-order valence-electron chi connectivity index (χ4n) is 0.981. The van der Waals surface area contributed by atoms with Gasteiger partial charge in [-0.1, -0.05) is 11.6 Å². The Hall–Kier alpha value is -1.73. The molecule has 0 radical (unpaired) electrons.